The Morgan fingerprint density at radius 1 is 1.25 bits per heavy atom. The zero-order chi connectivity index (χ0) is 18.3. The first kappa shape index (κ1) is 19.1. The fourth-order valence-electron chi connectivity index (χ4n) is 1.52. The highest BCUT2D eigenvalue weighted by Crippen LogP contribution is 2.23. The van der Waals surface area contributed by atoms with Crippen LogP contribution in [0.3, 0.4) is 0 Å². The van der Waals surface area contributed by atoms with Crippen molar-refractivity contribution in [2.24, 2.45) is 0 Å². The van der Waals surface area contributed by atoms with Crippen molar-refractivity contribution in [1.29, 1.82) is 0 Å². The van der Waals surface area contributed by atoms with Crippen LogP contribution in [0.15, 0.2) is 36.5 Å². The van der Waals surface area contributed by atoms with Crippen LogP contribution in [0.4, 0.5) is 19.0 Å². The minimum absolute atomic E-state index is 0.167. The first-order valence-electron chi connectivity index (χ1n) is 6.56. The minimum atomic E-state index is -4.73. The van der Waals surface area contributed by atoms with Gasteiger partial charge in [0.05, 0.1) is 23.9 Å². The number of ether oxygens (including phenoxy) is 1. The fraction of sp³-hybridized carbons (Fsp3) is 0.286. The lowest BCUT2D eigenvalue weighted by Gasteiger charge is -2.08. The van der Waals surface area contributed by atoms with E-state index in [0.717, 1.165) is 0 Å². The number of carbonyl (C=O) groups excluding carboxylic acids is 1. The van der Waals surface area contributed by atoms with Crippen LogP contribution >= 0.6 is 0 Å². The van der Waals surface area contributed by atoms with Crippen LogP contribution < -0.4 is 4.74 Å². The molecule has 0 saturated carbocycles. The maximum atomic E-state index is 12.0. The van der Waals surface area contributed by atoms with Gasteiger partial charge in [-0.1, -0.05) is 12.1 Å². The van der Waals surface area contributed by atoms with Gasteiger partial charge in [-0.05, 0) is 36.5 Å². The summed E-state index contributed by atoms with van der Waals surface area (Å²) in [7, 11) is 0. The van der Waals surface area contributed by atoms with Crippen molar-refractivity contribution in [2.75, 3.05) is 0 Å². The zero-order valence-electron chi connectivity index (χ0n) is 12.8. The number of hydrogen-bond acceptors (Lipinski definition) is 5. The third-order valence-electron chi connectivity index (χ3n) is 2.32. The molecule has 0 spiro atoms. The van der Waals surface area contributed by atoms with Crippen LogP contribution in [0.25, 0.3) is 0 Å². The summed E-state index contributed by atoms with van der Waals surface area (Å²) >= 11 is 0. The molecule has 0 aliphatic rings. The van der Waals surface area contributed by atoms with Crippen molar-refractivity contribution in [2.45, 2.75) is 26.8 Å². The van der Waals surface area contributed by atoms with Gasteiger partial charge >= 0.3 is 12.2 Å². The first-order valence-corrected chi connectivity index (χ1v) is 6.56. The Balaban J connectivity index is 0.000000648. The van der Waals surface area contributed by atoms with E-state index < -0.39 is 11.3 Å². The Morgan fingerprint density at radius 3 is 2.21 bits per heavy atom. The molecular weight excluding hydrogens is 331 g/mol. The van der Waals surface area contributed by atoms with E-state index in [1.807, 2.05) is 0 Å². The number of halogens is 3. The Morgan fingerprint density at radius 2 is 1.79 bits per heavy atom. The Labute approximate surface area is 134 Å². The van der Waals surface area contributed by atoms with Crippen molar-refractivity contribution in [3.63, 3.8) is 0 Å². The lowest BCUT2D eigenvalue weighted by atomic mass is 10.2. The molecule has 1 aromatic heterocycles. The minimum Gasteiger partial charge on any atom is -0.406 e. The highest BCUT2D eigenvalue weighted by molar-refractivity contribution is 5.72. The maximum Gasteiger partial charge on any atom is 0.573 e. The molecule has 24 heavy (non-hydrogen) atoms. The third-order valence-corrected chi connectivity index (χ3v) is 2.32. The van der Waals surface area contributed by atoms with Crippen LogP contribution in [-0.4, -0.2) is 26.8 Å². The topological polar surface area (TPSA) is 87.3 Å². The van der Waals surface area contributed by atoms with E-state index in [0.29, 0.717) is 5.56 Å². The van der Waals surface area contributed by atoms with Gasteiger partial charge in [0, 0.05) is 0 Å². The highest BCUT2D eigenvalue weighted by Gasteiger charge is 2.30. The number of alkyl halides is 3. The van der Waals surface area contributed by atoms with Gasteiger partial charge in [0.25, 0.3) is 0 Å². The van der Waals surface area contributed by atoms with E-state index in [4.69, 9.17) is 0 Å². The normalized spacial score (nSPS) is 10.5. The number of nitrogens with zero attached hydrogens (tertiary/aromatic N) is 3. The quantitative estimate of drug-likeness (QED) is 0.626. The summed E-state index contributed by atoms with van der Waals surface area (Å²) in [5.74, 6) is -0.449. The molecule has 0 N–H and O–H groups in total. The lowest BCUT2D eigenvalue weighted by Crippen LogP contribution is -2.17. The number of Topliss-reactive ketones (excluding diaryl/α,β-unsaturated/α-hetero) is 1. The summed E-state index contributed by atoms with van der Waals surface area (Å²) in [6, 6.07) is 6.42. The van der Waals surface area contributed by atoms with Crippen molar-refractivity contribution >= 4 is 11.6 Å². The van der Waals surface area contributed by atoms with E-state index in [2.05, 4.69) is 9.84 Å². The largest absolute Gasteiger partial charge is 0.573 e. The summed E-state index contributed by atoms with van der Waals surface area (Å²) < 4.78 is 40.9. The zero-order valence-corrected chi connectivity index (χ0v) is 12.8. The molecule has 10 heteroatoms. The molecule has 2 aromatic rings. The fourth-order valence-corrected chi connectivity index (χ4v) is 1.52. The van der Waals surface area contributed by atoms with Gasteiger partial charge in [0.15, 0.2) is 0 Å². The predicted molar refractivity (Wildman–Crippen MR) is 77.5 cm³/mol. The van der Waals surface area contributed by atoms with Crippen LogP contribution in [0, 0.1) is 10.1 Å². The number of rotatable bonds is 4. The molecule has 0 unspecified atom stereocenters. The molecule has 1 aromatic carbocycles. The van der Waals surface area contributed by atoms with Gasteiger partial charge < -0.3 is 19.6 Å². The first-order chi connectivity index (χ1) is 11.1. The van der Waals surface area contributed by atoms with Crippen LogP contribution in [0.1, 0.15) is 19.4 Å². The predicted octanol–water partition coefficient (Wildman–Crippen LogP) is 3.33. The van der Waals surface area contributed by atoms with E-state index in [1.54, 1.807) is 0 Å². The van der Waals surface area contributed by atoms with Crippen molar-refractivity contribution < 1.29 is 27.6 Å². The molecule has 2 rings (SSSR count). The second-order valence-corrected chi connectivity index (χ2v) is 4.73. The van der Waals surface area contributed by atoms with Crippen LogP contribution in [0.2, 0.25) is 0 Å². The standard InChI is InChI=1S/C11H8F3N3O3.C3H6O/c12-11(13,14)20-9-3-1-8(2-4-9)7-16-6-5-10(15-16)17(18)19;1-3(2)4/h1-6H,7H2;1-2H3. The van der Waals surface area contributed by atoms with Crippen LogP contribution in [-0.2, 0) is 11.3 Å². The smallest absolute Gasteiger partial charge is 0.406 e. The number of carbonyl (C=O) groups is 1. The van der Waals surface area contributed by atoms with Gasteiger partial charge in [-0.2, -0.15) is 4.68 Å². The molecule has 0 amide bonds. The number of aromatic nitrogens is 2. The summed E-state index contributed by atoms with van der Waals surface area (Å²) in [4.78, 5) is 19.3. The van der Waals surface area contributed by atoms with E-state index >= 15 is 0 Å². The van der Waals surface area contributed by atoms with Gasteiger partial charge in [0.1, 0.15) is 11.5 Å². The second-order valence-electron chi connectivity index (χ2n) is 4.73. The second kappa shape index (κ2) is 8.09. The molecule has 0 fully saturated rings. The summed E-state index contributed by atoms with van der Waals surface area (Å²) in [5.41, 5.74) is 0.637. The maximum absolute atomic E-state index is 12.0. The summed E-state index contributed by atoms with van der Waals surface area (Å²) in [6.45, 7) is 3.26. The molecule has 0 aliphatic heterocycles. The number of hydrogen-bond donors (Lipinski definition) is 0. The molecule has 130 valence electrons. The number of benzene rings is 1. The monoisotopic (exact) mass is 345 g/mol. The van der Waals surface area contributed by atoms with Crippen molar-refractivity contribution in [3.05, 3.63) is 52.2 Å². The average Bonchev–Trinajstić information content (AvgIpc) is 2.87. The highest BCUT2D eigenvalue weighted by atomic mass is 19.4. The molecule has 0 aliphatic carbocycles. The number of ketones is 1. The molecule has 0 saturated heterocycles. The molecule has 0 bridgehead atoms. The van der Waals surface area contributed by atoms with Crippen molar-refractivity contribution in [1.82, 2.24) is 9.78 Å². The van der Waals surface area contributed by atoms with Gasteiger partial charge in [0.2, 0.25) is 0 Å². The van der Waals surface area contributed by atoms with Gasteiger partial charge in [-0.15, -0.1) is 13.2 Å². The Hall–Kier alpha value is -2.91. The van der Waals surface area contributed by atoms with E-state index in [9.17, 15) is 28.1 Å². The Bertz CT molecular complexity index is 692. The molecule has 1 heterocycles. The number of nitro groups is 1. The lowest BCUT2D eigenvalue weighted by molar-refractivity contribution is -0.389. The molecule has 7 nitrogen and oxygen atoms in total. The summed E-state index contributed by atoms with van der Waals surface area (Å²) in [6.07, 6.45) is -3.32. The SMILES string of the molecule is CC(C)=O.O=[N+]([O-])c1ccn(Cc2ccc(OC(F)(F)F)cc2)n1. The molecule has 0 radical (unpaired) electrons. The van der Waals surface area contributed by atoms with Crippen LogP contribution in [0.5, 0.6) is 5.75 Å². The van der Waals surface area contributed by atoms with Gasteiger partial charge in [-0.25, -0.2) is 0 Å². The van der Waals surface area contributed by atoms with Crippen molar-refractivity contribution in [3.8, 4) is 5.75 Å². The molecular formula is C14H14F3N3O4. The average molecular weight is 345 g/mol. The third kappa shape index (κ3) is 7.38. The van der Waals surface area contributed by atoms with Gasteiger partial charge in [-0.3, -0.25) is 0 Å². The van der Waals surface area contributed by atoms with E-state index in [-0.39, 0.29) is 23.9 Å². The summed E-state index contributed by atoms with van der Waals surface area (Å²) in [5, 5.41) is 14.1. The molecule has 0 atom stereocenters. The Kier molecular flexibility index (Phi) is 6.45. The van der Waals surface area contributed by atoms with E-state index in [1.165, 1.54) is 55.1 Å².